The zero-order valence-electron chi connectivity index (χ0n) is 10.1. The maximum absolute atomic E-state index is 13.5. The third-order valence-corrected chi connectivity index (χ3v) is 2.44. The molecule has 5 nitrogen and oxygen atoms in total. The summed E-state index contributed by atoms with van der Waals surface area (Å²) in [5.74, 6) is -1.57. The van der Waals surface area contributed by atoms with Crippen molar-refractivity contribution in [3.05, 3.63) is 47.4 Å². The van der Waals surface area contributed by atoms with Crippen LogP contribution in [0.15, 0.2) is 28.7 Å². The second-order valence-electron chi connectivity index (χ2n) is 3.74. The topological polar surface area (TPSA) is 76.2 Å². The first-order valence-corrected chi connectivity index (χ1v) is 5.64. The Hall–Kier alpha value is -2.50. The molecule has 0 amide bonds. The average Bonchev–Trinajstić information content (AvgIpc) is 2.86. The SMILES string of the molecule is CCc1nnc(/C(=C/c2ccccc2F)C(=O)O)o1. The normalized spacial score (nSPS) is 11.6. The molecule has 98 valence electrons. The maximum Gasteiger partial charge on any atom is 0.341 e. The molecule has 0 bridgehead atoms. The minimum absolute atomic E-state index is 0.132. The van der Waals surface area contributed by atoms with Gasteiger partial charge in [-0.25, -0.2) is 9.18 Å². The summed E-state index contributed by atoms with van der Waals surface area (Å²) in [5, 5.41) is 16.5. The molecule has 0 aliphatic rings. The van der Waals surface area contributed by atoms with Gasteiger partial charge in [-0.1, -0.05) is 25.1 Å². The van der Waals surface area contributed by atoms with Gasteiger partial charge in [0, 0.05) is 12.0 Å². The second-order valence-corrected chi connectivity index (χ2v) is 3.74. The van der Waals surface area contributed by atoms with Gasteiger partial charge in [-0.3, -0.25) is 0 Å². The molecule has 0 radical (unpaired) electrons. The lowest BCUT2D eigenvalue weighted by atomic mass is 10.1. The molecule has 19 heavy (non-hydrogen) atoms. The van der Waals surface area contributed by atoms with Crippen LogP contribution < -0.4 is 0 Å². The van der Waals surface area contributed by atoms with Crippen LogP contribution in [-0.4, -0.2) is 21.3 Å². The number of rotatable bonds is 4. The molecule has 1 heterocycles. The summed E-state index contributed by atoms with van der Waals surface area (Å²) >= 11 is 0. The van der Waals surface area contributed by atoms with Gasteiger partial charge < -0.3 is 9.52 Å². The van der Waals surface area contributed by atoms with Crippen LogP contribution in [0.3, 0.4) is 0 Å². The minimum atomic E-state index is -1.26. The first-order valence-electron chi connectivity index (χ1n) is 5.64. The molecule has 0 aliphatic carbocycles. The fourth-order valence-electron chi connectivity index (χ4n) is 1.47. The fraction of sp³-hybridized carbons (Fsp3) is 0.154. The molecular weight excluding hydrogens is 251 g/mol. The molecule has 0 atom stereocenters. The Morgan fingerprint density at radius 2 is 2.16 bits per heavy atom. The summed E-state index contributed by atoms with van der Waals surface area (Å²) in [6.07, 6.45) is 1.67. The average molecular weight is 262 g/mol. The smallest absolute Gasteiger partial charge is 0.341 e. The van der Waals surface area contributed by atoms with Gasteiger partial charge in [-0.15, -0.1) is 10.2 Å². The van der Waals surface area contributed by atoms with Gasteiger partial charge in [0.15, 0.2) is 0 Å². The number of aryl methyl sites for hydroxylation is 1. The van der Waals surface area contributed by atoms with Crippen molar-refractivity contribution < 1.29 is 18.7 Å². The van der Waals surface area contributed by atoms with E-state index in [1.807, 2.05) is 0 Å². The number of hydrogen-bond acceptors (Lipinski definition) is 4. The first-order chi connectivity index (χ1) is 9.11. The second kappa shape index (κ2) is 5.43. The van der Waals surface area contributed by atoms with Gasteiger partial charge in [0.2, 0.25) is 5.89 Å². The molecule has 0 aliphatic heterocycles. The summed E-state index contributed by atoms with van der Waals surface area (Å²) < 4.78 is 18.7. The van der Waals surface area contributed by atoms with Gasteiger partial charge in [0.05, 0.1) is 0 Å². The molecule has 1 N–H and O–H groups in total. The number of carboxylic acids is 1. The van der Waals surface area contributed by atoms with E-state index < -0.39 is 11.8 Å². The Morgan fingerprint density at radius 1 is 1.42 bits per heavy atom. The highest BCUT2D eigenvalue weighted by molar-refractivity contribution is 6.19. The molecule has 0 spiro atoms. The van der Waals surface area contributed by atoms with E-state index in [0.717, 1.165) is 0 Å². The molecule has 1 aromatic heterocycles. The van der Waals surface area contributed by atoms with E-state index in [1.54, 1.807) is 13.0 Å². The van der Waals surface area contributed by atoms with E-state index in [2.05, 4.69) is 10.2 Å². The number of halogens is 1. The van der Waals surface area contributed by atoms with Crippen molar-refractivity contribution in [3.63, 3.8) is 0 Å². The van der Waals surface area contributed by atoms with E-state index >= 15 is 0 Å². The Labute approximate surface area is 108 Å². The van der Waals surface area contributed by atoms with Gasteiger partial charge >= 0.3 is 5.97 Å². The molecule has 0 saturated heterocycles. The third kappa shape index (κ3) is 2.85. The molecular formula is C13H11FN2O3. The van der Waals surface area contributed by atoms with E-state index in [-0.39, 0.29) is 17.0 Å². The van der Waals surface area contributed by atoms with Crippen LogP contribution in [0.2, 0.25) is 0 Å². The molecule has 0 fully saturated rings. The number of carboxylic acid groups (broad SMARTS) is 1. The molecule has 0 saturated carbocycles. The van der Waals surface area contributed by atoms with E-state index in [0.29, 0.717) is 12.3 Å². The summed E-state index contributed by atoms with van der Waals surface area (Å²) in [7, 11) is 0. The number of aromatic nitrogens is 2. The number of carbonyl (C=O) groups is 1. The summed E-state index contributed by atoms with van der Waals surface area (Å²) in [4.78, 5) is 11.2. The predicted octanol–water partition coefficient (Wildman–Crippen LogP) is 2.40. The lowest BCUT2D eigenvalue weighted by molar-refractivity contribution is -0.130. The van der Waals surface area contributed by atoms with Crippen LogP contribution in [0.5, 0.6) is 0 Å². The summed E-state index contributed by atoms with van der Waals surface area (Å²) in [6.45, 7) is 1.80. The van der Waals surface area contributed by atoms with Gasteiger partial charge in [-0.05, 0) is 12.1 Å². The Kier molecular flexibility index (Phi) is 3.70. The van der Waals surface area contributed by atoms with Crippen molar-refractivity contribution in [1.29, 1.82) is 0 Å². The number of hydrogen-bond donors (Lipinski definition) is 1. The Bertz CT molecular complexity index is 634. The highest BCUT2D eigenvalue weighted by Gasteiger charge is 2.18. The van der Waals surface area contributed by atoms with Crippen LogP contribution in [0.1, 0.15) is 24.3 Å². The van der Waals surface area contributed by atoms with Crippen molar-refractivity contribution >= 4 is 17.6 Å². The number of aliphatic carboxylic acids is 1. The summed E-state index contributed by atoms with van der Waals surface area (Å²) in [6, 6.07) is 5.85. The van der Waals surface area contributed by atoms with Gasteiger partial charge in [0.25, 0.3) is 5.89 Å². The molecule has 6 heteroatoms. The van der Waals surface area contributed by atoms with E-state index in [9.17, 15) is 9.18 Å². The number of benzene rings is 1. The number of nitrogens with zero attached hydrogens (tertiary/aromatic N) is 2. The largest absolute Gasteiger partial charge is 0.477 e. The third-order valence-electron chi connectivity index (χ3n) is 2.44. The van der Waals surface area contributed by atoms with Crippen molar-refractivity contribution in [1.82, 2.24) is 10.2 Å². The predicted molar refractivity (Wildman–Crippen MR) is 65.6 cm³/mol. The van der Waals surface area contributed by atoms with Crippen LogP contribution in [0.4, 0.5) is 4.39 Å². The standard InChI is InChI=1S/C13H11FN2O3/c1-2-11-15-16-12(19-11)9(13(17)18)7-8-5-3-4-6-10(8)14/h3-7H,2H2,1H3,(H,17,18)/b9-7-. The maximum atomic E-state index is 13.5. The van der Waals surface area contributed by atoms with E-state index in [1.165, 1.54) is 24.3 Å². The molecule has 2 rings (SSSR count). The van der Waals surface area contributed by atoms with Gasteiger partial charge in [0.1, 0.15) is 11.4 Å². The lowest BCUT2D eigenvalue weighted by Crippen LogP contribution is -2.00. The highest BCUT2D eigenvalue weighted by Crippen LogP contribution is 2.19. The molecule has 2 aromatic rings. The van der Waals surface area contributed by atoms with Gasteiger partial charge in [-0.2, -0.15) is 0 Å². The minimum Gasteiger partial charge on any atom is -0.477 e. The van der Waals surface area contributed by atoms with Crippen LogP contribution in [0, 0.1) is 5.82 Å². The van der Waals surface area contributed by atoms with Crippen molar-refractivity contribution in [2.45, 2.75) is 13.3 Å². The quantitative estimate of drug-likeness (QED) is 0.856. The van der Waals surface area contributed by atoms with Crippen molar-refractivity contribution in [3.8, 4) is 0 Å². The zero-order chi connectivity index (χ0) is 13.8. The van der Waals surface area contributed by atoms with Crippen LogP contribution in [-0.2, 0) is 11.2 Å². The molecule has 0 unspecified atom stereocenters. The highest BCUT2D eigenvalue weighted by atomic mass is 19.1. The monoisotopic (exact) mass is 262 g/mol. The Balaban J connectivity index is 2.46. The molecule has 1 aromatic carbocycles. The van der Waals surface area contributed by atoms with Crippen LogP contribution >= 0.6 is 0 Å². The van der Waals surface area contributed by atoms with Crippen LogP contribution in [0.25, 0.3) is 11.6 Å². The fourth-order valence-corrected chi connectivity index (χ4v) is 1.47. The first kappa shape index (κ1) is 12.9. The van der Waals surface area contributed by atoms with Crippen molar-refractivity contribution in [2.24, 2.45) is 0 Å². The van der Waals surface area contributed by atoms with E-state index in [4.69, 9.17) is 9.52 Å². The lowest BCUT2D eigenvalue weighted by Gasteiger charge is -1.99. The summed E-state index contributed by atoms with van der Waals surface area (Å²) in [5.41, 5.74) is -0.0894. The zero-order valence-corrected chi connectivity index (χ0v) is 10.1. The Morgan fingerprint density at radius 3 is 2.74 bits per heavy atom. The van der Waals surface area contributed by atoms with Crippen molar-refractivity contribution in [2.75, 3.05) is 0 Å².